The third-order valence-corrected chi connectivity index (χ3v) is 5.72. The van der Waals surface area contributed by atoms with E-state index in [1.165, 1.54) is 13.4 Å². The van der Waals surface area contributed by atoms with E-state index in [0.717, 1.165) is 22.3 Å². The molecule has 0 atom stereocenters. The van der Waals surface area contributed by atoms with Crippen molar-refractivity contribution >= 4 is 33.0 Å². The normalized spacial score (nSPS) is 11.4. The Morgan fingerprint density at radius 3 is 1.77 bits per heavy atom. The Balaban J connectivity index is 2.13. The highest BCUT2D eigenvalue weighted by Gasteiger charge is 2.14. The lowest BCUT2D eigenvalue weighted by molar-refractivity contribution is 0.415. The van der Waals surface area contributed by atoms with Crippen molar-refractivity contribution in [2.24, 2.45) is 0 Å². The fourth-order valence-electron chi connectivity index (χ4n) is 2.78. The van der Waals surface area contributed by atoms with Crippen LogP contribution in [-0.4, -0.2) is 21.8 Å². The van der Waals surface area contributed by atoms with Crippen LogP contribution < -0.4 is 4.74 Å². The van der Waals surface area contributed by atoms with E-state index in [1.54, 1.807) is 36.4 Å². The lowest BCUT2D eigenvalue weighted by Crippen LogP contribution is -1.96. The highest BCUT2D eigenvalue weighted by molar-refractivity contribution is 7.90. The monoisotopic (exact) mass is 406 g/mol. The van der Waals surface area contributed by atoms with E-state index >= 15 is 0 Å². The molecule has 6 heteroatoms. The molecule has 0 saturated carbocycles. The molecule has 0 unspecified atom stereocenters. The van der Waals surface area contributed by atoms with Gasteiger partial charge in [0.1, 0.15) is 0 Å². The minimum absolute atomic E-state index is 0.286. The summed E-state index contributed by atoms with van der Waals surface area (Å²) < 4.78 is 28.5. The first-order chi connectivity index (χ1) is 12.3. The number of rotatable bonds is 4. The summed E-state index contributed by atoms with van der Waals surface area (Å²) in [5, 5.41) is 0.856. The molecule has 0 radical (unpaired) electrons. The number of sulfone groups is 1. The molecule has 0 N–H and O–H groups in total. The highest BCUT2D eigenvalue weighted by Crippen LogP contribution is 2.40. The number of benzene rings is 3. The molecule has 0 aliphatic carbocycles. The van der Waals surface area contributed by atoms with E-state index < -0.39 is 9.84 Å². The fraction of sp³-hybridized carbons (Fsp3) is 0.100. The summed E-state index contributed by atoms with van der Waals surface area (Å²) in [5.41, 5.74) is 3.63. The van der Waals surface area contributed by atoms with Crippen molar-refractivity contribution in [1.82, 2.24) is 0 Å². The van der Waals surface area contributed by atoms with Gasteiger partial charge in [-0.25, -0.2) is 8.42 Å². The van der Waals surface area contributed by atoms with Crippen LogP contribution in [0.3, 0.4) is 0 Å². The fourth-order valence-corrected chi connectivity index (χ4v) is 4.05. The summed E-state index contributed by atoms with van der Waals surface area (Å²) >= 11 is 12.6. The Kier molecular flexibility index (Phi) is 5.28. The molecule has 0 aliphatic heterocycles. The first-order valence-corrected chi connectivity index (χ1v) is 10.4. The van der Waals surface area contributed by atoms with Gasteiger partial charge in [-0.1, -0.05) is 59.6 Å². The van der Waals surface area contributed by atoms with Crippen LogP contribution in [0.2, 0.25) is 10.0 Å². The number of hydrogen-bond donors (Lipinski definition) is 0. The van der Waals surface area contributed by atoms with E-state index in [2.05, 4.69) is 0 Å². The van der Waals surface area contributed by atoms with Gasteiger partial charge in [0, 0.05) is 6.26 Å². The molecule has 0 amide bonds. The van der Waals surface area contributed by atoms with Gasteiger partial charge in [0.25, 0.3) is 0 Å². The first-order valence-electron chi connectivity index (χ1n) is 7.74. The SMILES string of the molecule is COc1c(Cl)cc(-c2ccccc2-c2ccc(S(C)(=O)=O)cc2)cc1Cl. The molecule has 0 saturated heterocycles. The topological polar surface area (TPSA) is 43.4 Å². The number of methoxy groups -OCH3 is 1. The van der Waals surface area contributed by atoms with Crippen LogP contribution in [0.15, 0.2) is 65.6 Å². The second kappa shape index (κ2) is 7.31. The van der Waals surface area contributed by atoms with Crippen LogP contribution in [-0.2, 0) is 9.84 Å². The van der Waals surface area contributed by atoms with Gasteiger partial charge in [-0.05, 0) is 46.5 Å². The maximum atomic E-state index is 11.7. The summed E-state index contributed by atoms with van der Waals surface area (Å²) in [4.78, 5) is 0.286. The van der Waals surface area contributed by atoms with Gasteiger partial charge in [-0.15, -0.1) is 0 Å². The summed E-state index contributed by atoms with van der Waals surface area (Å²) in [5.74, 6) is 0.437. The van der Waals surface area contributed by atoms with E-state index in [9.17, 15) is 8.42 Å². The zero-order valence-electron chi connectivity index (χ0n) is 14.2. The Hall–Kier alpha value is -2.01. The maximum Gasteiger partial charge on any atom is 0.175 e. The summed E-state index contributed by atoms with van der Waals surface area (Å²) in [6.45, 7) is 0. The molecule has 3 rings (SSSR count). The molecular weight excluding hydrogens is 391 g/mol. The van der Waals surface area contributed by atoms with Crippen LogP contribution >= 0.6 is 23.2 Å². The summed E-state index contributed by atoms with van der Waals surface area (Å²) in [6, 6.07) is 18.2. The first kappa shape index (κ1) is 18.8. The third-order valence-electron chi connectivity index (χ3n) is 4.03. The smallest absolute Gasteiger partial charge is 0.175 e. The van der Waals surface area contributed by atoms with Crippen molar-refractivity contribution in [2.75, 3.05) is 13.4 Å². The minimum Gasteiger partial charge on any atom is -0.494 e. The summed E-state index contributed by atoms with van der Waals surface area (Å²) in [6.07, 6.45) is 1.19. The van der Waals surface area contributed by atoms with Gasteiger partial charge >= 0.3 is 0 Å². The largest absolute Gasteiger partial charge is 0.494 e. The Morgan fingerprint density at radius 1 is 0.808 bits per heavy atom. The van der Waals surface area contributed by atoms with Crippen molar-refractivity contribution in [1.29, 1.82) is 0 Å². The number of ether oxygens (including phenoxy) is 1. The predicted molar refractivity (Wildman–Crippen MR) is 107 cm³/mol. The molecular formula is C20H16Cl2O3S. The van der Waals surface area contributed by atoms with Crippen molar-refractivity contribution in [3.05, 3.63) is 70.7 Å². The summed E-state index contributed by atoms with van der Waals surface area (Å²) in [7, 11) is -1.71. The molecule has 3 aromatic rings. The van der Waals surface area contributed by atoms with Gasteiger partial charge in [-0.3, -0.25) is 0 Å². The van der Waals surface area contributed by atoms with Crippen LogP contribution in [0.1, 0.15) is 0 Å². The van der Waals surface area contributed by atoms with E-state index in [1.807, 2.05) is 24.3 Å². The van der Waals surface area contributed by atoms with Crippen molar-refractivity contribution in [3.63, 3.8) is 0 Å². The Bertz CT molecular complexity index is 1040. The van der Waals surface area contributed by atoms with E-state index in [0.29, 0.717) is 15.8 Å². The molecule has 3 nitrogen and oxygen atoms in total. The molecule has 26 heavy (non-hydrogen) atoms. The molecule has 0 aliphatic rings. The third kappa shape index (κ3) is 3.73. The van der Waals surface area contributed by atoms with Crippen LogP contribution in [0.25, 0.3) is 22.3 Å². The molecule has 0 bridgehead atoms. The zero-order chi connectivity index (χ0) is 18.9. The van der Waals surface area contributed by atoms with Crippen molar-refractivity contribution in [2.45, 2.75) is 4.90 Å². The Morgan fingerprint density at radius 2 is 1.31 bits per heavy atom. The van der Waals surface area contributed by atoms with Gasteiger partial charge in [0.2, 0.25) is 0 Å². The standard InChI is InChI=1S/C20H16Cl2O3S/c1-25-20-18(21)11-14(12-19(20)22)17-6-4-3-5-16(17)13-7-9-15(10-8-13)26(2,23)24/h3-12H,1-2H3. The molecule has 0 fully saturated rings. The quantitative estimate of drug-likeness (QED) is 0.554. The van der Waals surface area contributed by atoms with Gasteiger partial charge in [0.05, 0.1) is 22.1 Å². The highest BCUT2D eigenvalue weighted by atomic mass is 35.5. The molecule has 0 aromatic heterocycles. The average Bonchev–Trinajstić information content (AvgIpc) is 2.61. The second-order valence-electron chi connectivity index (χ2n) is 5.82. The molecule has 0 spiro atoms. The van der Waals surface area contributed by atoms with Crippen LogP contribution in [0.4, 0.5) is 0 Å². The Labute approximate surface area is 163 Å². The van der Waals surface area contributed by atoms with E-state index in [4.69, 9.17) is 27.9 Å². The van der Waals surface area contributed by atoms with Gasteiger partial charge < -0.3 is 4.74 Å². The number of hydrogen-bond acceptors (Lipinski definition) is 3. The van der Waals surface area contributed by atoms with Gasteiger partial charge in [-0.2, -0.15) is 0 Å². The molecule has 3 aromatic carbocycles. The number of halogens is 2. The average molecular weight is 407 g/mol. The van der Waals surface area contributed by atoms with Crippen LogP contribution in [0.5, 0.6) is 5.75 Å². The lowest BCUT2D eigenvalue weighted by atomic mass is 9.94. The second-order valence-corrected chi connectivity index (χ2v) is 8.65. The minimum atomic E-state index is -3.23. The van der Waals surface area contributed by atoms with Crippen LogP contribution in [0, 0.1) is 0 Å². The lowest BCUT2D eigenvalue weighted by Gasteiger charge is -2.13. The van der Waals surface area contributed by atoms with Crippen molar-refractivity contribution in [3.8, 4) is 28.0 Å². The van der Waals surface area contributed by atoms with Gasteiger partial charge in [0.15, 0.2) is 15.6 Å². The zero-order valence-corrected chi connectivity index (χ0v) is 16.5. The predicted octanol–water partition coefficient (Wildman–Crippen LogP) is 5.74. The molecule has 0 heterocycles. The van der Waals surface area contributed by atoms with Crippen molar-refractivity contribution < 1.29 is 13.2 Å². The maximum absolute atomic E-state index is 11.7. The van der Waals surface area contributed by atoms with E-state index in [-0.39, 0.29) is 4.90 Å². The molecule has 134 valence electrons.